The minimum atomic E-state index is -0.250. The van der Waals surface area contributed by atoms with Gasteiger partial charge in [0.15, 0.2) is 5.82 Å². The number of rotatable bonds is 5. The minimum Gasteiger partial charge on any atom is -0.495 e. The van der Waals surface area contributed by atoms with Crippen molar-refractivity contribution in [3.05, 3.63) is 77.9 Å². The van der Waals surface area contributed by atoms with Crippen LogP contribution in [0.1, 0.15) is 23.5 Å². The molecule has 0 amide bonds. The highest BCUT2D eigenvalue weighted by Gasteiger charge is 2.22. The normalized spacial score (nSPS) is 13.5. The van der Waals surface area contributed by atoms with E-state index < -0.39 is 0 Å². The van der Waals surface area contributed by atoms with Crippen molar-refractivity contribution in [3.63, 3.8) is 0 Å². The highest BCUT2D eigenvalue weighted by Crippen LogP contribution is 2.29. The van der Waals surface area contributed by atoms with Gasteiger partial charge in [-0.2, -0.15) is 4.98 Å². The lowest BCUT2D eigenvalue weighted by Gasteiger charge is -2.27. The van der Waals surface area contributed by atoms with Crippen LogP contribution >= 0.6 is 0 Å². The third-order valence-electron chi connectivity index (χ3n) is 5.42. The molecule has 2 aromatic carbocycles. The number of benzene rings is 2. The van der Waals surface area contributed by atoms with Crippen molar-refractivity contribution >= 4 is 23.8 Å². The first-order chi connectivity index (χ1) is 15.6. The molecule has 7 nitrogen and oxygen atoms in total. The Kier molecular flexibility index (Phi) is 5.18. The Hall–Kier alpha value is -3.94. The van der Waals surface area contributed by atoms with E-state index in [0.29, 0.717) is 5.82 Å². The van der Waals surface area contributed by atoms with Crippen molar-refractivity contribution in [1.82, 2.24) is 24.3 Å². The average molecular weight is 430 g/mol. The molecule has 0 aliphatic carbocycles. The summed E-state index contributed by atoms with van der Waals surface area (Å²) in [5, 5.41) is 4.63. The molecular formula is C24H23FN6O. The number of methoxy groups -OCH3 is 1. The molecule has 0 radical (unpaired) electrons. The third kappa shape index (κ3) is 3.87. The van der Waals surface area contributed by atoms with Gasteiger partial charge in [0.05, 0.1) is 24.8 Å². The Morgan fingerprint density at radius 3 is 2.66 bits per heavy atom. The summed E-state index contributed by atoms with van der Waals surface area (Å²) in [4.78, 5) is 11.1. The van der Waals surface area contributed by atoms with Crippen molar-refractivity contribution < 1.29 is 9.13 Å². The second-order valence-corrected chi connectivity index (χ2v) is 7.66. The zero-order valence-electron chi connectivity index (χ0n) is 17.9. The summed E-state index contributed by atoms with van der Waals surface area (Å²) in [6.45, 7) is 3.58. The standard InChI is InChI=1S/C24H23FN6O/c1-17-15-29(16-26-17)21-10-4-18(14-22(21)32-2)5-11-23-27-24-30(12-3-13-31(24)28-23)20-8-6-19(25)7-9-20/h4-11,14-16H,3,12-13H2,1-2H3. The van der Waals surface area contributed by atoms with Crippen molar-refractivity contribution in [2.24, 2.45) is 0 Å². The monoisotopic (exact) mass is 430 g/mol. The number of nitrogens with zero attached hydrogens (tertiary/aromatic N) is 6. The van der Waals surface area contributed by atoms with Crippen molar-refractivity contribution in [1.29, 1.82) is 0 Å². The Morgan fingerprint density at radius 2 is 1.91 bits per heavy atom. The van der Waals surface area contributed by atoms with Crippen molar-refractivity contribution in [2.45, 2.75) is 19.9 Å². The summed E-state index contributed by atoms with van der Waals surface area (Å²) in [5.74, 6) is 1.90. The number of halogens is 1. The fourth-order valence-electron chi connectivity index (χ4n) is 3.85. The molecule has 5 rings (SSSR count). The molecule has 0 saturated heterocycles. The molecule has 0 bridgehead atoms. The number of hydrogen-bond acceptors (Lipinski definition) is 5. The number of imidazole rings is 1. The van der Waals surface area contributed by atoms with Gasteiger partial charge in [0.2, 0.25) is 5.95 Å². The van der Waals surface area contributed by atoms with Crippen LogP contribution in [0.4, 0.5) is 16.0 Å². The van der Waals surface area contributed by atoms with E-state index in [2.05, 4.69) is 15.0 Å². The fourth-order valence-corrected chi connectivity index (χ4v) is 3.85. The summed E-state index contributed by atoms with van der Waals surface area (Å²) < 4.78 is 22.7. The Labute approximate surface area is 185 Å². The number of aromatic nitrogens is 5. The topological polar surface area (TPSA) is 61.0 Å². The summed E-state index contributed by atoms with van der Waals surface area (Å²) >= 11 is 0. The molecule has 0 spiro atoms. The zero-order chi connectivity index (χ0) is 22.1. The number of fused-ring (bicyclic) bond motifs is 1. The highest BCUT2D eigenvalue weighted by atomic mass is 19.1. The maximum atomic E-state index is 13.3. The van der Waals surface area contributed by atoms with Gasteiger partial charge in [-0.05, 0) is 61.4 Å². The van der Waals surface area contributed by atoms with Crippen LogP contribution in [0.3, 0.4) is 0 Å². The van der Waals surface area contributed by atoms with E-state index in [1.165, 1.54) is 12.1 Å². The lowest BCUT2D eigenvalue weighted by molar-refractivity contribution is 0.413. The first-order valence-electron chi connectivity index (χ1n) is 10.5. The molecular weight excluding hydrogens is 407 g/mol. The Balaban J connectivity index is 1.40. The van der Waals surface area contributed by atoms with E-state index in [9.17, 15) is 4.39 Å². The molecule has 0 fully saturated rings. The molecule has 2 aromatic heterocycles. The molecule has 1 aliphatic rings. The van der Waals surface area contributed by atoms with Crippen LogP contribution in [-0.4, -0.2) is 38.0 Å². The van der Waals surface area contributed by atoms with Crippen LogP contribution in [0.5, 0.6) is 5.75 Å². The van der Waals surface area contributed by atoms with Crippen molar-refractivity contribution in [3.8, 4) is 11.4 Å². The average Bonchev–Trinajstić information content (AvgIpc) is 3.43. The van der Waals surface area contributed by atoms with Gasteiger partial charge < -0.3 is 14.2 Å². The van der Waals surface area contributed by atoms with Gasteiger partial charge >= 0.3 is 0 Å². The fraction of sp³-hybridized carbons (Fsp3) is 0.208. The second-order valence-electron chi connectivity index (χ2n) is 7.66. The maximum Gasteiger partial charge on any atom is 0.228 e. The molecule has 0 N–H and O–H groups in total. The Morgan fingerprint density at radius 1 is 1.06 bits per heavy atom. The summed E-state index contributed by atoms with van der Waals surface area (Å²) in [6, 6.07) is 12.5. The van der Waals surface area contributed by atoms with Crippen LogP contribution in [0, 0.1) is 12.7 Å². The van der Waals surface area contributed by atoms with Crippen molar-refractivity contribution in [2.75, 3.05) is 18.6 Å². The van der Waals surface area contributed by atoms with Crippen LogP contribution < -0.4 is 9.64 Å². The lowest BCUT2D eigenvalue weighted by Crippen LogP contribution is -2.28. The van der Waals surface area contributed by atoms with Crippen LogP contribution in [-0.2, 0) is 6.54 Å². The number of ether oxygens (including phenoxy) is 1. The molecule has 0 atom stereocenters. The first kappa shape index (κ1) is 20.0. The maximum absolute atomic E-state index is 13.3. The van der Waals surface area contributed by atoms with Gasteiger partial charge in [0.1, 0.15) is 11.6 Å². The molecule has 4 aromatic rings. The smallest absolute Gasteiger partial charge is 0.228 e. The first-order valence-corrected chi connectivity index (χ1v) is 10.5. The quantitative estimate of drug-likeness (QED) is 0.462. The molecule has 162 valence electrons. The summed E-state index contributed by atoms with van der Waals surface area (Å²) in [5.41, 5.74) is 3.76. The van der Waals surface area contributed by atoms with Gasteiger partial charge in [-0.3, -0.25) is 0 Å². The summed E-state index contributed by atoms with van der Waals surface area (Å²) in [7, 11) is 1.66. The molecule has 1 aliphatic heterocycles. The lowest BCUT2D eigenvalue weighted by atomic mass is 10.1. The predicted molar refractivity (Wildman–Crippen MR) is 122 cm³/mol. The molecule has 8 heteroatoms. The molecule has 0 unspecified atom stereocenters. The van der Waals surface area contributed by atoms with E-state index in [1.807, 2.05) is 52.7 Å². The van der Waals surface area contributed by atoms with Gasteiger partial charge in [0, 0.05) is 25.0 Å². The molecule has 32 heavy (non-hydrogen) atoms. The van der Waals surface area contributed by atoms with E-state index in [1.54, 1.807) is 25.6 Å². The number of hydrogen-bond donors (Lipinski definition) is 0. The zero-order valence-corrected chi connectivity index (χ0v) is 17.9. The van der Waals surface area contributed by atoms with Crippen LogP contribution in [0.15, 0.2) is 55.0 Å². The van der Waals surface area contributed by atoms with Gasteiger partial charge in [-0.15, -0.1) is 5.10 Å². The van der Waals surface area contributed by atoms with E-state index in [4.69, 9.17) is 9.72 Å². The minimum absolute atomic E-state index is 0.250. The summed E-state index contributed by atoms with van der Waals surface area (Å²) in [6.07, 6.45) is 8.54. The molecule has 0 saturated carbocycles. The van der Waals surface area contributed by atoms with Crippen LogP contribution in [0.2, 0.25) is 0 Å². The van der Waals surface area contributed by atoms with E-state index >= 15 is 0 Å². The number of aryl methyl sites for hydroxylation is 2. The van der Waals surface area contributed by atoms with Gasteiger partial charge in [-0.25, -0.2) is 14.1 Å². The Bertz CT molecular complexity index is 1270. The largest absolute Gasteiger partial charge is 0.495 e. The number of anilines is 2. The van der Waals surface area contributed by atoms with Gasteiger partial charge in [0.25, 0.3) is 0 Å². The second kappa shape index (κ2) is 8.30. The third-order valence-corrected chi connectivity index (χ3v) is 5.42. The highest BCUT2D eigenvalue weighted by molar-refractivity contribution is 5.70. The van der Waals surface area contributed by atoms with Gasteiger partial charge in [-0.1, -0.05) is 12.1 Å². The van der Waals surface area contributed by atoms with E-state index in [-0.39, 0.29) is 5.82 Å². The van der Waals surface area contributed by atoms with E-state index in [0.717, 1.165) is 53.8 Å². The van der Waals surface area contributed by atoms with Crippen LogP contribution in [0.25, 0.3) is 17.8 Å². The SMILES string of the molecule is COc1cc(C=Cc2nc3n(n2)CCCN3c2ccc(F)cc2)ccc1-n1cnc(C)c1. The predicted octanol–water partition coefficient (Wildman–Crippen LogP) is 4.63. The molecule has 3 heterocycles.